The van der Waals surface area contributed by atoms with Gasteiger partial charge in [0, 0.05) is 24.3 Å². The number of nitrogens with zero attached hydrogens (tertiary/aromatic N) is 1. The van der Waals surface area contributed by atoms with Crippen molar-refractivity contribution in [2.24, 2.45) is 0 Å². The van der Waals surface area contributed by atoms with Gasteiger partial charge >= 0.3 is 0 Å². The Hall–Kier alpha value is -1.11. The Morgan fingerprint density at radius 3 is 2.85 bits per heavy atom. The molecule has 2 heterocycles. The molecule has 3 N–H and O–H groups in total. The Balaban J connectivity index is 1.80. The molecule has 6 heteroatoms. The summed E-state index contributed by atoms with van der Waals surface area (Å²) >= 11 is 0. The van der Waals surface area contributed by atoms with Crippen LogP contribution in [-0.2, 0) is 10.0 Å². The third-order valence-corrected chi connectivity index (χ3v) is 5.95. The van der Waals surface area contributed by atoms with Crippen molar-refractivity contribution in [3.05, 3.63) is 23.8 Å². The quantitative estimate of drug-likeness (QED) is 0.819. The lowest BCUT2D eigenvalue weighted by Crippen LogP contribution is -2.42. The topological polar surface area (TPSA) is 75.4 Å². The highest BCUT2D eigenvalue weighted by molar-refractivity contribution is 7.89. The molecule has 1 aromatic rings. The summed E-state index contributed by atoms with van der Waals surface area (Å²) < 4.78 is 27.8. The zero-order chi connectivity index (χ0) is 14.3. The van der Waals surface area contributed by atoms with Crippen molar-refractivity contribution in [2.45, 2.75) is 43.2 Å². The van der Waals surface area contributed by atoms with Crippen LogP contribution in [0.2, 0.25) is 0 Å². The summed E-state index contributed by atoms with van der Waals surface area (Å²) in [5, 5.41) is 0. The number of sulfonamides is 1. The molecular weight excluding hydrogens is 274 g/mol. The molecule has 0 amide bonds. The Labute approximate surface area is 120 Å². The van der Waals surface area contributed by atoms with Crippen molar-refractivity contribution < 1.29 is 8.42 Å². The molecule has 0 bridgehead atoms. The fourth-order valence-corrected chi connectivity index (χ4v) is 4.69. The molecule has 2 unspecified atom stereocenters. The van der Waals surface area contributed by atoms with Crippen LogP contribution in [0.4, 0.5) is 5.69 Å². The van der Waals surface area contributed by atoms with Gasteiger partial charge in [-0.1, -0.05) is 0 Å². The molecule has 2 atom stereocenters. The number of anilines is 1. The van der Waals surface area contributed by atoms with Crippen molar-refractivity contribution >= 4 is 15.7 Å². The van der Waals surface area contributed by atoms with Crippen LogP contribution in [0.1, 0.15) is 24.8 Å². The Bertz CT molecular complexity index is 615. The molecule has 0 aliphatic carbocycles. The maximum absolute atomic E-state index is 12.5. The van der Waals surface area contributed by atoms with Crippen LogP contribution >= 0.6 is 0 Å². The second-order valence-corrected chi connectivity index (χ2v) is 7.49. The van der Waals surface area contributed by atoms with Crippen molar-refractivity contribution in [1.82, 2.24) is 9.62 Å². The van der Waals surface area contributed by atoms with Crippen molar-refractivity contribution in [1.29, 1.82) is 0 Å². The number of fused-ring (bicyclic) bond motifs is 1. The van der Waals surface area contributed by atoms with Gasteiger partial charge in [0.05, 0.1) is 4.90 Å². The first kappa shape index (κ1) is 13.9. The first-order valence-electron chi connectivity index (χ1n) is 7.10. The first-order chi connectivity index (χ1) is 9.47. The lowest BCUT2D eigenvalue weighted by molar-refractivity contribution is 0.309. The second-order valence-electron chi connectivity index (χ2n) is 5.78. The molecule has 5 nitrogen and oxygen atoms in total. The average molecular weight is 295 g/mol. The Morgan fingerprint density at radius 1 is 1.30 bits per heavy atom. The molecule has 2 fully saturated rings. The number of nitrogens with two attached hydrogens (primary N) is 1. The number of aryl methyl sites for hydroxylation is 1. The fraction of sp³-hybridized carbons (Fsp3) is 0.571. The average Bonchev–Trinajstić information content (AvgIpc) is 2.97. The molecule has 2 aliphatic heterocycles. The van der Waals surface area contributed by atoms with Gasteiger partial charge in [0.2, 0.25) is 10.0 Å². The Kier molecular flexibility index (Phi) is 3.48. The van der Waals surface area contributed by atoms with E-state index in [1.807, 2.05) is 6.92 Å². The third-order valence-electron chi connectivity index (χ3n) is 4.46. The number of rotatable bonds is 3. The van der Waals surface area contributed by atoms with Crippen LogP contribution in [-0.4, -0.2) is 38.5 Å². The third kappa shape index (κ3) is 2.43. The summed E-state index contributed by atoms with van der Waals surface area (Å²) in [4.78, 5) is 2.70. The number of benzene rings is 1. The molecule has 3 rings (SSSR count). The number of hydrogen-bond acceptors (Lipinski definition) is 4. The lowest BCUT2D eigenvalue weighted by atomic mass is 10.1. The molecule has 2 saturated heterocycles. The van der Waals surface area contributed by atoms with Gasteiger partial charge in [-0.05, 0) is 56.5 Å². The van der Waals surface area contributed by atoms with Gasteiger partial charge in [-0.15, -0.1) is 0 Å². The van der Waals surface area contributed by atoms with E-state index in [1.54, 1.807) is 18.2 Å². The highest BCUT2D eigenvalue weighted by atomic mass is 32.2. The molecule has 0 saturated carbocycles. The lowest BCUT2D eigenvalue weighted by Gasteiger charge is -2.21. The van der Waals surface area contributed by atoms with Crippen molar-refractivity contribution in [2.75, 3.05) is 18.8 Å². The van der Waals surface area contributed by atoms with E-state index < -0.39 is 10.0 Å². The smallest absolute Gasteiger partial charge is 0.240 e. The summed E-state index contributed by atoms with van der Waals surface area (Å²) in [6.45, 7) is 3.92. The van der Waals surface area contributed by atoms with Gasteiger partial charge in [-0.3, -0.25) is 4.90 Å². The minimum atomic E-state index is -3.45. The number of nitrogen functional groups attached to an aromatic ring is 1. The number of hydrogen-bond donors (Lipinski definition) is 2. The van der Waals surface area contributed by atoms with Crippen LogP contribution < -0.4 is 10.5 Å². The van der Waals surface area contributed by atoms with Crippen LogP contribution in [0, 0.1) is 6.92 Å². The van der Waals surface area contributed by atoms with E-state index in [9.17, 15) is 8.42 Å². The summed E-state index contributed by atoms with van der Waals surface area (Å²) in [5.74, 6) is 0. The maximum Gasteiger partial charge on any atom is 0.240 e. The van der Waals surface area contributed by atoms with Crippen LogP contribution in [0.25, 0.3) is 0 Å². The molecule has 20 heavy (non-hydrogen) atoms. The molecule has 0 radical (unpaired) electrons. The van der Waals surface area contributed by atoms with Gasteiger partial charge in [0.25, 0.3) is 0 Å². The molecule has 110 valence electrons. The van der Waals surface area contributed by atoms with E-state index in [2.05, 4.69) is 9.62 Å². The van der Waals surface area contributed by atoms with Gasteiger partial charge in [-0.25, -0.2) is 13.1 Å². The summed E-state index contributed by atoms with van der Waals surface area (Å²) in [6.07, 6.45) is 3.16. The maximum atomic E-state index is 12.5. The standard InChI is InChI=1S/C14H21N3O2S/c1-10-9-11(4-5-12(10)15)20(18,19)16-13-6-8-17-7-2-3-14(13)17/h4-5,9,13-14,16H,2-3,6-8,15H2,1H3. The minimum absolute atomic E-state index is 0.0420. The molecule has 0 spiro atoms. The van der Waals surface area contributed by atoms with Gasteiger partial charge < -0.3 is 5.73 Å². The fourth-order valence-electron chi connectivity index (χ4n) is 3.30. The second kappa shape index (κ2) is 5.02. The molecular formula is C14H21N3O2S. The monoisotopic (exact) mass is 295 g/mol. The minimum Gasteiger partial charge on any atom is -0.399 e. The van der Waals surface area contributed by atoms with Gasteiger partial charge in [0.1, 0.15) is 0 Å². The summed E-state index contributed by atoms with van der Waals surface area (Å²) in [7, 11) is -3.45. The summed E-state index contributed by atoms with van der Waals surface area (Å²) in [6, 6.07) is 5.28. The molecule has 1 aromatic carbocycles. The number of nitrogens with one attached hydrogen (secondary N) is 1. The van der Waals surface area contributed by atoms with Crippen molar-refractivity contribution in [3.63, 3.8) is 0 Å². The zero-order valence-corrected chi connectivity index (χ0v) is 12.5. The molecule has 0 aromatic heterocycles. The predicted molar refractivity (Wildman–Crippen MR) is 78.9 cm³/mol. The van der Waals surface area contributed by atoms with E-state index in [4.69, 9.17) is 5.73 Å². The normalized spacial score (nSPS) is 26.9. The SMILES string of the molecule is Cc1cc(S(=O)(=O)NC2CCN3CCCC23)ccc1N. The zero-order valence-electron chi connectivity index (χ0n) is 11.7. The van der Waals surface area contributed by atoms with Gasteiger partial charge in [0.15, 0.2) is 0 Å². The van der Waals surface area contributed by atoms with E-state index >= 15 is 0 Å². The predicted octanol–water partition coefficient (Wildman–Crippen LogP) is 1.09. The molecule has 2 aliphatic rings. The Morgan fingerprint density at radius 2 is 2.10 bits per heavy atom. The van der Waals surface area contributed by atoms with E-state index in [-0.39, 0.29) is 6.04 Å². The highest BCUT2D eigenvalue weighted by Gasteiger charge is 2.39. The van der Waals surface area contributed by atoms with E-state index in [0.717, 1.165) is 31.5 Å². The highest BCUT2D eigenvalue weighted by Crippen LogP contribution is 2.29. The van der Waals surface area contributed by atoms with Crippen LogP contribution in [0.3, 0.4) is 0 Å². The largest absolute Gasteiger partial charge is 0.399 e. The van der Waals surface area contributed by atoms with Crippen molar-refractivity contribution in [3.8, 4) is 0 Å². The first-order valence-corrected chi connectivity index (χ1v) is 8.58. The van der Waals surface area contributed by atoms with Crippen LogP contribution in [0.5, 0.6) is 0 Å². The van der Waals surface area contributed by atoms with Crippen LogP contribution in [0.15, 0.2) is 23.1 Å². The van der Waals surface area contributed by atoms with E-state index in [0.29, 0.717) is 16.6 Å². The van der Waals surface area contributed by atoms with Gasteiger partial charge in [-0.2, -0.15) is 0 Å². The van der Waals surface area contributed by atoms with E-state index in [1.165, 1.54) is 6.42 Å². The summed E-state index contributed by atoms with van der Waals surface area (Å²) in [5.41, 5.74) is 7.15.